The fourth-order valence-electron chi connectivity index (χ4n) is 3.68. The largest absolute Gasteiger partial charge is 0.487 e. The van der Waals surface area contributed by atoms with Crippen molar-refractivity contribution < 1.29 is 23.8 Å². The van der Waals surface area contributed by atoms with Crippen LogP contribution in [0.2, 0.25) is 0 Å². The van der Waals surface area contributed by atoms with Gasteiger partial charge in [-0.25, -0.2) is 4.79 Å². The van der Waals surface area contributed by atoms with Crippen LogP contribution in [-0.4, -0.2) is 61.0 Å². The van der Waals surface area contributed by atoms with Crippen molar-refractivity contribution in [3.8, 4) is 5.75 Å². The summed E-state index contributed by atoms with van der Waals surface area (Å²) in [5, 5.41) is 5.91. The third-order valence-corrected chi connectivity index (χ3v) is 4.92. The van der Waals surface area contributed by atoms with E-state index >= 15 is 0 Å². The Labute approximate surface area is 178 Å². The number of benzene rings is 1. The molecule has 0 saturated carbocycles. The lowest BCUT2D eigenvalue weighted by Crippen LogP contribution is -2.46. The summed E-state index contributed by atoms with van der Waals surface area (Å²) < 4.78 is 16.8. The van der Waals surface area contributed by atoms with E-state index in [1.54, 1.807) is 6.07 Å². The maximum Gasteiger partial charge on any atom is 0.412 e. The van der Waals surface area contributed by atoms with Crippen LogP contribution in [0.25, 0.3) is 0 Å². The molecule has 0 spiro atoms. The molecule has 0 radical (unpaired) electrons. The first kappa shape index (κ1) is 22.4. The van der Waals surface area contributed by atoms with Gasteiger partial charge in [-0.1, -0.05) is 0 Å². The minimum atomic E-state index is -0.582. The van der Waals surface area contributed by atoms with E-state index in [1.807, 2.05) is 46.8 Å². The molecular weight excluding hydrogens is 386 g/mol. The SMILES string of the molecule is CC(C)(C)OC(=O)Nc1ccc2c(c1)[C@@H](NC(=O)CN1CCOCC1)CC(C)(C)O2. The lowest BCUT2D eigenvalue weighted by molar-refractivity contribution is -0.124. The molecule has 2 amide bonds. The second kappa shape index (κ2) is 8.81. The maximum absolute atomic E-state index is 12.7. The summed E-state index contributed by atoms with van der Waals surface area (Å²) in [5.41, 5.74) is 0.447. The highest BCUT2D eigenvalue weighted by Crippen LogP contribution is 2.40. The van der Waals surface area contributed by atoms with Crippen LogP contribution in [0.5, 0.6) is 5.75 Å². The van der Waals surface area contributed by atoms with Gasteiger partial charge >= 0.3 is 6.09 Å². The van der Waals surface area contributed by atoms with Crippen LogP contribution in [0.15, 0.2) is 18.2 Å². The van der Waals surface area contributed by atoms with Crippen molar-refractivity contribution in [2.45, 2.75) is 58.3 Å². The quantitative estimate of drug-likeness (QED) is 0.780. The van der Waals surface area contributed by atoms with Gasteiger partial charge < -0.3 is 19.5 Å². The second-order valence-electron chi connectivity index (χ2n) is 9.45. The van der Waals surface area contributed by atoms with Crippen molar-refractivity contribution >= 4 is 17.7 Å². The normalized spacial score (nSPS) is 21.2. The molecule has 0 aromatic heterocycles. The highest BCUT2D eigenvalue weighted by atomic mass is 16.6. The molecule has 3 rings (SSSR count). The van der Waals surface area contributed by atoms with E-state index in [0.717, 1.165) is 18.7 Å². The van der Waals surface area contributed by atoms with Gasteiger partial charge in [-0.15, -0.1) is 0 Å². The van der Waals surface area contributed by atoms with Crippen LogP contribution in [0.3, 0.4) is 0 Å². The van der Waals surface area contributed by atoms with Gasteiger partial charge in [-0.3, -0.25) is 15.0 Å². The van der Waals surface area contributed by atoms with Crippen molar-refractivity contribution in [2.24, 2.45) is 0 Å². The summed E-state index contributed by atoms with van der Waals surface area (Å²) in [6.07, 6.45) is 0.109. The Kier molecular flexibility index (Phi) is 6.57. The fourth-order valence-corrected chi connectivity index (χ4v) is 3.68. The number of morpholine rings is 1. The van der Waals surface area contributed by atoms with E-state index in [0.29, 0.717) is 37.6 Å². The van der Waals surface area contributed by atoms with Crippen LogP contribution in [-0.2, 0) is 14.3 Å². The van der Waals surface area contributed by atoms with Crippen LogP contribution in [0.1, 0.15) is 52.6 Å². The zero-order valence-electron chi connectivity index (χ0n) is 18.5. The van der Waals surface area contributed by atoms with Crippen molar-refractivity contribution in [3.63, 3.8) is 0 Å². The van der Waals surface area contributed by atoms with Gasteiger partial charge in [0, 0.05) is 30.8 Å². The van der Waals surface area contributed by atoms with E-state index in [-0.39, 0.29) is 11.9 Å². The molecule has 2 N–H and O–H groups in total. The van der Waals surface area contributed by atoms with E-state index in [9.17, 15) is 9.59 Å². The number of nitrogens with one attached hydrogen (secondary N) is 2. The average molecular weight is 420 g/mol. The van der Waals surface area contributed by atoms with E-state index < -0.39 is 17.3 Å². The lowest BCUT2D eigenvalue weighted by Gasteiger charge is -2.38. The Morgan fingerprint density at radius 3 is 2.60 bits per heavy atom. The monoisotopic (exact) mass is 419 g/mol. The van der Waals surface area contributed by atoms with Crippen molar-refractivity contribution in [3.05, 3.63) is 23.8 Å². The predicted molar refractivity (Wildman–Crippen MR) is 114 cm³/mol. The molecule has 2 aliphatic heterocycles. The Hall–Kier alpha value is -2.32. The summed E-state index contributed by atoms with van der Waals surface area (Å²) in [6, 6.07) is 5.23. The zero-order valence-corrected chi connectivity index (χ0v) is 18.5. The topological polar surface area (TPSA) is 89.1 Å². The molecule has 30 heavy (non-hydrogen) atoms. The molecule has 8 heteroatoms. The lowest BCUT2D eigenvalue weighted by atomic mass is 9.89. The molecular formula is C22H33N3O5. The van der Waals surface area contributed by atoms with Crippen LogP contribution in [0.4, 0.5) is 10.5 Å². The zero-order chi connectivity index (χ0) is 21.9. The minimum absolute atomic E-state index is 0.0314. The number of hydrogen-bond donors (Lipinski definition) is 2. The molecule has 0 aliphatic carbocycles. The van der Waals surface area contributed by atoms with Gasteiger partial charge in [0.2, 0.25) is 5.91 Å². The molecule has 1 saturated heterocycles. The van der Waals surface area contributed by atoms with Gasteiger partial charge in [0.1, 0.15) is 17.0 Å². The number of nitrogens with zero attached hydrogens (tertiary/aromatic N) is 1. The molecule has 1 aromatic rings. The molecule has 2 aliphatic rings. The number of amides is 2. The smallest absolute Gasteiger partial charge is 0.412 e. The number of ether oxygens (including phenoxy) is 3. The standard InChI is InChI=1S/C22H33N3O5/c1-21(2,3)30-20(27)23-15-6-7-18-16(12-15)17(13-22(4,5)29-18)24-19(26)14-25-8-10-28-11-9-25/h6-7,12,17H,8-11,13-14H2,1-5H3,(H,23,27)(H,24,26)/t17-/m0/s1. The van der Waals surface area contributed by atoms with Crippen LogP contribution >= 0.6 is 0 Å². The Morgan fingerprint density at radius 2 is 1.93 bits per heavy atom. The van der Waals surface area contributed by atoms with Gasteiger partial charge in [0.05, 0.1) is 25.8 Å². The highest BCUT2D eigenvalue weighted by molar-refractivity contribution is 5.85. The minimum Gasteiger partial charge on any atom is -0.487 e. The fraction of sp³-hybridized carbons (Fsp3) is 0.636. The molecule has 0 unspecified atom stereocenters. The number of carbonyl (C=O) groups excluding carboxylic acids is 2. The predicted octanol–water partition coefficient (Wildman–Crippen LogP) is 3.08. The molecule has 0 bridgehead atoms. The summed E-state index contributed by atoms with van der Waals surface area (Å²) >= 11 is 0. The molecule has 2 heterocycles. The Morgan fingerprint density at radius 1 is 1.23 bits per heavy atom. The van der Waals surface area contributed by atoms with Gasteiger partial charge in [0.15, 0.2) is 0 Å². The van der Waals surface area contributed by atoms with Crippen molar-refractivity contribution in [1.82, 2.24) is 10.2 Å². The summed E-state index contributed by atoms with van der Waals surface area (Å²) in [4.78, 5) is 26.9. The molecule has 166 valence electrons. The first-order chi connectivity index (χ1) is 14.0. The van der Waals surface area contributed by atoms with Gasteiger partial charge in [-0.05, 0) is 52.8 Å². The number of fused-ring (bicyclic) bond motifs is 1. The Balaban J connectivity index is 1.73. The van der Waals surface area contributed by atoms with Gasteiger partial charge in [0.25, 0.3) is 0 Å². The Bertz CT molecular complexity index is 781. The van der Waals surface area contributed by atoms with Crippen molar-refractivity contribution in [1.29, 1.82) is 0 Å². The van der Waals surface area contributed by atoms with Crippen molar-refractivity contribution in [2.75, 3.05) is 38.2 Å². The number of carbonyl (C=O) groups is 2. The van der Waals surface area contributed by atoms with E-state index in [2.05, 4.69) is 15.5 Å². The third-order valence-electron chi connectivity index (χ3n) is 4.92. The first-order valence-corrected chi connectivity index (χ1v) is 10.4. The highest BCUT2D eigenvalue weighted by Gasteiger charge is 2.35. The number of hydrogen-bond acceptors (Lipinski definition) is 6. The first-order valence-electron chi connectivity index (χ1n) is 10.4. The second-order valence-corrected chi connectivity index (χ2v) is 9.45. The number of anilines is 1. The molecule has 8 nitrogen and oxygen atoms in total. The number of rotatable bonds is 4. The summed E-state index contributed by atoms with van der Waals surface area (Å²) in [5.74, 6) is 0.675. The maximum atomic E-state index is 12.7. The molecule has 1 aromatic carbocycles. The summed E-state index contributed by atoms with van der Waals surface area (Å²) in [6.45, 7) is 12.6. The van der Waals surface area contributed by atoms with Crippen LogP contribution < -0.4 is 15.4 Å². The van der Waals surface area contributed by atoms with E-state index in [1.165, 1.54) is 0 Å². The molecule has 1 fully saturated rings. The van der Waals surface area contributed by atoms with Gasteiger partial charge in [-0.2, -0.15) is 0 Å². The summed E-state index contributed by atoms with van der Waals surface area (Å²) in [7, 11) is 0. The van der Waals surface area contributed by atoms with E-state index in [4.69, 9.17) is 14.2 Å². The third kappa shape index (κ3) is 6.34. The molecule has 1 atom stereocenters. The van der Waals surface area contributed by atoms with Crippen LogP contribution in [0, 0.1) is 0 Å². The average Bonchev–Trinajstić information content (AvgIpc) is 2.60.